The number of hydrogen-bond acceptors (Lipinski definition) is 3. The molecule has 0 atom stereocenters. The van der Waals surface area contributed by atoms with Crippen LogP contribution in [0.1, 0.15) is 37.8 Å². The van der Waals surface area contributed by atoms with E-state index in [1.807, 2.05) is 12.3 Å². The third-order valence-electron chi connectivity index (χ3n) is 3.80. The average Bonchev–Trinajstić information content (AvgIpc) is 3.04. The zero-order valence-electron chi connectivity index (χ0n) is 14.3. The number of unbranched alkanes of at least 4 members (excludes halogenated alkanes) is 3. The first-order valence-electron chi connectivity index (χ1n) is 8.46. The number of nitrogens with two attached hydrogens (primary N) is 1. The Morgan fingerprint density at radius 1 is 1.12 bits per heavy atom. The lowest BCUT2D eigenvalue weighted by Gasteiger charge is -2.04. The number of amides is 1. The van der Waals surface area contributed by atoms with Crippen molar-refractivity contribution in [1.29, 1.82) is 0 Å². The molecule has 1 heterocycles. The second-order valence-corrected chi connectivity index (χ2v) is 5.78. The molecule has 0 aliphatic heterocycles. The topological polar surface area (TPSA) is 72.9 Å². The third kappa shape index (κ3) is 7.67. The molecule has 138 valence electrons. The van der Waals surface area contributed by atoms with Crippen LogP contribution >= 0.6 is 12.4 Å². The Morgan fingerprint density at radius 3 is 2.56 bits per heavy atom. The number of nitrogens with zero attached hydrogens (tertiary/aromatic N) is 2. The van der Waals surface area contributed by atoms with Crippen molar-refractivity contribution in [3.05, 3.63) is 48.0 Å². The second-order valence-electron chi connectivity index (χ2n) is 5.78. The number of benzene rings is 1. The lowest BCUT2D eigenvalue weighted by atomic mass is 10.1. The van der Waals surface area contributed by atoms with E-state index in [1.165, 1.54) is 12.1 Å². The Morgan fingerprint density at radius 2 is 1.84 bits per heavy atom. The van der Waals surface area contributed by atoms with Gasteiger partial charge >= 0.3 is 0 Å². The molecular weight excluding hydrogens is 343 g/mol. The molecule has 5 nitrogen and oxygen atoms in total. The van der Waals surface area contributed by atoms with E-state index in [2.05, 4.69) is 10.4 Å². The molecule has 1 amide bonds. The van der Waals surface area contributed by atoms with Crippen LogP contribution in [0.25, 0.3) is 5.69 Å². The maximum absolute atomic E-state index is 12.9. The molecule has 0 aliphatic carbocycles. The fourth-order valence-corrected chi connectivity index (χ4v) is 2.43. The van der Waals surface area contributed by atoms with Crippen LogP contribution in [-0.2, 0) is 11.2 Å². The van der Waals surface area contributed by atoms with Gasteiger partial charge in [0.05, 0.1) is 11.4 Å². The van der Waals surface area contributed by atoms with Crippen LogP contribution < -0.4 is 11.1 Å². The molecule has 7 heteroatoms. The predicted octanol–water partition coefficient (Wildman–Crippen LogP) is 3.00. The molecular formula is C18H26ClFN4O. The van der Waals surface area contributed by atoms with E-state index in [0.717, 1.165) is 43.6 Å². The number of halogens is 2. The summed E-state index contributed by atoms with van der Waals surface area (Å²) in [5.41, 5.74) is 7.13. The number of carbonyl (C=O) groups excluding carboxylic acids is 1. The van der Waals surface area contributed by atoms with E-state index >= 15 is 0 Å². The Hall–Kier alpha value is -1.92. The van der Waals surface area contributed by atoms with Gasteiger partial charge in [-0.05, 0) is 49.7 Å². The molecule has 0 unspecified atom stereocenters. The van der Waals surface area contributed by atoms with Gasteiger partial charge in [-0.15, -0.1) is 12.4 Å². The van der Waals surface area contributed by atoms with Crippen LogP contribution in [0.2, 0.25) is 0 Å². The minimum Gasteiger partial charge on any atom is -0.356 e. The maximum atomic E-state index is 12.9. The van der Waals surface area contributed by atoms with E-state index in [0.29, 0.717) is 19.4 Å². The Labute approximate surface area is 154 Å². The smallest absolute Gasteiger partial charge is 0.220 e. The number of rotatable bonds is 10. The number of nitrogens with one attached hydrogen (secondary N) is 1. The summed E-state index contributed by atoms with van der Waals surface area (Å²) in [5.74, 6) is -0.183. The Bertz CT molecular complexity index is 630. The Kier molecular flexibility index (Phi) is 9.80. The van der Waals surface area contributed by atoms with E-state index in [-0.39, 0.29) is 24.1 Å². The van der Waals surface area contributed by atoms with Gasteiger partial charge in [0.15, 0.2) is 0 Å². The van der Waals surface area contributed by atoms with Crippen LogP contribution in [-0.4, -0.2) is 28.8 Å². The summed E-state index contributed by atoms with van der Waals surface area (Å²) in [6.07, 6.45) is 7.14. The lowest BCUT2D eigenvalue weighted by Crippen LogP contribution is -2.25. The zero-order valence-corrected chi connectivity index (χ0v) is 15.1. The van der Waals surface area contributed by atoms with Crippen molar-refractivity contribution >= 4 is 18.3 Å². The van der Waals surface area contributed by atoms with Crippen LogP contribution in [0.3, 0.4) is 0 Å². The molecule has 0 saturated carbocycles. The van der Waals surface area contributed by atoms with Gasteiger partial charge in [-0.25, -0.2) is 9.07 Å². The summed E-state index contributed by atoms with van der Waals surface area (Å²) in [7, 11) is 0. The van der Waals surface area contributed by atoms with Gasteiger partial charge in [-0.3, -0.25) is 4.79 Å². The van der Waals surface area contributed by atoms with Gasteiger partial charge < -0.3 is 11.1 Å². The summed E-state index contributed by atoms with van der Waals surface area (Å²) in [6.45, 7) is 1.29. The van der Waals surface area contributed by atoms with Crippen molar-refractivity contribution < 1.29 is 9.18 Å². The molecule has 0 spiro atoms. The standard InChI is InChI=1S/C18H25FN4O.ClH/c19-15-6-8-17(9-7-15)23-14-11-16(22-23)10-13-21-18(24)5-3-1-2-4-12-20;/h6-9,11,14H,1-5,10,12-13,20H2,(H,21,24);1H. The summed E-state index contributed by atoms with van der Waals surface area (Å²) in [5, 5.41) is 7.35. The van der Waals surface area contributed by atoms with Crippen molar-refractivity contribution in [2.24, 2.45) is 5.73 Å². The van der Waals surface area contributed by atoms with E-state index in [1.54, 1.807) is 16.8 Å². The summed E-state index contributed by atoms with van der Waals surface area (Å²) in [4.78, 5) is 11.7. The summed E-state index contributed by atoms with van der Waals surface area (Å²) in [6, 6.07) is 8.08. The first kappa shape index (κ1) is 21.1. The second kappa shape index (κ2) is 11.6. The molecule has 0 fully saturated rings. The minimum absolute atomic E-state index is 0. The molecule has 25 heavy (non-hydrogen) atoms. The average molecular weight is 369 g/mol. The van der Waals surface area contributed by atoms with E-state index in [9.17, 15) is 9.18 Å². The molecule has 0 aliphatic rings. The highest BCUT2D eigenvalue weighted by Gasteiger charge is 2.04. The van der Waals surface area contributed by atoms with Crippen molar-refractivity contribution in [3.8, 4) is 5.69 Å². The van der Waals surface area contributed by atoms with Gasteiger partial charge in [-0.1, -0.05) is 12.8 Å². The van der Waals surface area contributed by atoms with Crippen molar-refractivity contribution in [2.45, 2.75) is 38.5 Å². The van der Waals surface area contributed by atoms with Gasteiger partial charge in [0.25, 0.3) is 0 Å². The van der Waals surface area contributed by atoms with Crippen LogP contribution in [0.5, 0.6) is 0 Å². The minimum atomic E-state index is -0.267. The van der Waals surface area contributed by atoms with Crippen molar-refractivity contribution in [1.82, 2.24) is 15.1 Å². The first-order chi connectivity index (χ1) is 11.7. The summed E-state index contributed by atoms with van der Waals surface area (Å²) < 4.78 is 14.6. The van der Waals surface area contributed by atoms with E-state index < -0.39 is 0 Å². The van der Waals surface area contributed by atoms with Crippen molar-refractivity contribution in [3.63, 3.8) is 0 Å². The molecule has 1 aromatic heterocycles. The highest BCUT2D eigenvalue weighted by Crippen LogP contribution is 2.09. The molecule has 0 radical (unpaired) electrons. The summed E-state index contributed by atoms with van der Waals surface area (Å²) >= 11 is 0. The molecule has 0 bridgehead atoms. The van der Waals surface area contributed by atoms with Gasteiger partial charge in [0.2, 0.25) is 5.91 Å². The van der Waals surface area contributed by atoms with Crippen LogP contribution in [0.15, 0.2) is 36.5 Å². The largest absolute Gasteiger partial charge is 0.356 e. The van der Waals surface area contributed by atoms with Gasteiger partial charge in [-0.2, -0.15) is 5.10 Å². The number of hydrogen-bond donors (Lipinski definition) is 2. The SMILES string of the molecule is Cl.NCCCCCCC(=O)NCCc1ccn(-c2ccc(F)cc2)n1. The third-order valence-corrected chi connectivity index (χ3v) is 3.80. The first-order valence-corrected chi connectivity index (χ1v) is 8.46. The quantitative estimate of drug-likeness (QED) is 0.633. The predicted molar refractivity (Wildman–Crippen MR) is 99.6 cm³/mol. The molecule has 3 N–H and O–H groups in total. The Balaban J connectivity index is 0.00000312. The highest BCUT2D eigenvalue weighted by atomic mass is 35.5. The van der Waals surface area contributed by atoms with Gasteiger partial charge in [0, 0.05) is 25.6 Å². The molecule has 0 saturated heterocycles. The van der Waals surface area contributed by atoms with Crippen molar-refractivity contribution in [2.75, 3.05) is 13.1 Å². The normalized spacial score (nSPS) is 10.3. The van der Waals surface area contributed by atoms with Crippen LogP contribution in [0, 0.1) is 5.82 Å². The number of aromatic nitrogens is 2. The lowest BCUT2D eigenvalue weighted by molar-refractivity contribution is -0.121. The van der Waals surface area contributed by atoms with Crippen LogP contribution in [0.4, 0.5) is 4.39 Å². The zero-order chi connectivity index (χ0) is 17.2. The number of carbonyl (C=O) groups is 1. The fourth-order valence-electron chi connectivity index (χ4n) is 2.43. The monoisotopic (exact) mass is 368 g/mol. The van der Waals surface area contributed by atoms with E-state index in [4.69, 9.17) is 5.73 Å². The molecule has 1 aromatic carbocycles. The fraction of sp³-hybridized carbons (Fsp3) is 0.444. The molecule has 2 rings (SSSR count). The van der Waals surface area contributed by atoms with Gasteiger partial charge in [0.1, 0.15) is 5.82 Å². The maximum Gasteiger partial charge on any atom is 0.220 e. The highest BCUT2D eigenvalue weighted by molar-refractivity contribution is 5.85. The molecule has 2 aromatic rings.